The van der Waals surface area contributed by atoms with Gasteiger partial charge in [-0.3, -0.25) is 18.7 Å². The number of pyridine rings is 1. The highest BCUT2D eigenvalue weighted by Gasteiger charge is 2.35. The molecule has 0 unspecified atom stereocenters. The van der Waals surface area contributed by atoms with Crippen LogP contribution in [-0.2, 0) is 30.3 Å². The number of aromatic nitrogens is 5. The van der Waals surface area contributed by atoms with E-state index in [2.05, 4.69) is 15.2 Å². The number of hydrogen-bond acceptors (Lipinski definition) is 6. The van der Waals surface area contributed by atoms with Crippen LogP contribution in [0.1, 0.15) is 5.69 Å². The van der Waals surface area contributed by atoms with Crippen molar-refractivity contribution in [1.82, 2.24) is 24.5 Å². The highest BCUT2D eigenvalue weighted by Crippen LogP contribution is 2.38. The number of fused-ring (bicyclic) bond motifs is 1. The van der Waals surface area contributed by atoms with E-state index in [4.69, 9.17) is 4.74 Å². The molecule has 13 heteroatoms. The van der Waals surface area contributed by atoms with Gasteiger partial charge < -0.3 is 4.74 Å². The highest BCUT2D eigenvalue weighted by molar-refractivity contribution is 7.92. The lowest BCUT2D eigenvalue weighted by atomic mass is 10.2. The predicted molar refractivity (Wildman–Crippen MR) is 114 cm³/mol. The molecule has 0 aliphatic rings. The SMILES string of the molecule is COc1ccc2cnn(C)c2c1N(C)S(=O)(=O)c1ccc(-c2cc(C(F)(F)F)nn2C)nc1. The lowest BCUT2D eigenvalue weighted by Gasteiger charge is -2.23. The van der Waals surface area contributed by atoms with Gasteiger partial charge in [0.15, 0.2) is 5.69 Å². The predicted octanol–water partition coefficient (Wildman–Crippen LogP) is 3.22. The van der Waals surface area contributed by atoms with Gasteiger partial charge in [-0.1, -0.05) is 0 Å². The maximum absolute atomic E-state index is 13.4. The average molecular weight is 480 g/mol. The first-order chi connectivity index (χ1) is 15.4. The molecule has 3 heterocycles. The third-order valence-corrected chi connectivity index (χ3v) is 6.94. The summed E-state index contributed by atoms with van der Waals surface area (Å²) >= 11 is 0. The van der Waals surface area contributed by atoms with Gasteiger partial charge in [0.05, 0.1) is 30.2 Å². The van der Waals surface area contributed by atoms with Crippen LogP contribution in [0.4, 0.5) is 18.9 Å². The Balaban J connectivity index is 1.74. The molecule has 0 atom stereocenters. The Morgan fingerprint density at radius 2 is 1.79 bits per heavy atom. The minimum Gasteiger partial charge on any atom is -0.494 e. The number of hydrogen-bond donors (Lipinski definition) is 0. The average Bonchev–Trinajstić information content (AvgIpc) is 3.35. The third kappa shape index (κ3) is 3.77. The molecule has 3 aromatic heterocycles. The maximum atomic E-state index is 13.4. The molecule has 0 spiro atoms. The van der Waals surface area contributed by atoms with Gasteiger partial charge in [0, 0.05) is 32.7 Å². The standard InChI is InChI=1S/C20H19F3N6O3S/c1-27-15(9-17(26-27)20(21,22)23)14-7-6-13(11-24-14)33(30,31)29(3)19-16(32-4)8-5-12-10-25-28(2)18(12)19/h5-11H,1-4H3. The number of rotatable bonds is 5. The van der Waals surface area contributed by atoms with Crippen molar-refractivity contribution in [2.45, 2.75) is 11.1 Å². The smallest absolute Gasteiger partial charge is 0.435 e. The molecule has 0 fully saturated rings. The van der Waals surface area contributed by atoms with E-state index in [1.165, 1.54) is 33.3 Å². The Morgan fingerprint density at radius 1 is 1.06 bits per heavy atom. The molecule has 0 amide bonds. The lowest BCUT2D eigenvalue weighted by molar-refractivity contribution is -0.141. The zero-order valence-corrected chi connectivity index (χ0v) is 18.8. The molecular weight excluding hydrogens is 461 g/mol. The third-order valence-electron chi connectivity index (χ3n) is 5.20. The minimum atomic E-state index is -4.60. The number of benzene rings is 1. The molecule has 0 aliphatic carbocycles. The molecule has 0 saturated carbocycles. The summed E-state index contributed by atoms with van der Waals surface area (Å²) in [5, 5.41) is 8.35. The molecule has 33 heavy (non-hydrogen) atoms. The molecule has 174 valence electrons. The van der Waals surface area contributed by atoms with Crippen LogP contribution in [0.15, 0.2) is 47.6 Å². The second-order valence-corrected chi connectivity index (χ2v) is 9.18. The quantitative estimate of drug-likeness (QED) is 0.435. The number of methoxy groups -OCH3 is 1. The van der Waals surface area contributed by atoms with Gasteiger partial charge in [-0.25, -0.2) is 8.42 Å². The van der Waals surface area contributed by atoms with E-state index >= 15 is 0 Å². The zero-order chi connectivity index (χ0) is 24.1. The summed E-state index contributed by atoms with van der Waals surface area (Å²) in [5.74, 6) is 0.330. The van der Waals surface area contributed by atoms with Crippen LogP contribution in [0.5, 0.6) is 5.75 Å². The molecule has 4 aromatic rings. The summed E-state index contributed by atoms with van der Waals surface area (Å²) in [6.45, 7) is 0. The zero-order valence-electron chi connectivity index (χ0n) is 18.0. The number of sulfonamides is 1. The summed E-state index contributed by atoms with van der Waals surface area (Å²) in [6.07, 6.45) is -1.90. The number of halogens is 3. The second kappa shape index (κ2) is 7.76. The van der Waals surface area contributed by atoms with Crippen LogP contribution >= 0.6 is 0 Å². The van der Waals surface area contributed by atoms with Crippen LogP contribution in [0.2, 0.25) is 0 Å². The van der Waals surface area contributed by atoms with E-state index in [0.29, 0.717) is 17.0 Å². The molecular formula is C20H19F3N6O3S. The van der Waals surface area contributed by atoms with Crippen LogP contribution in [0.25, 0.3) is 22.3 Å². The van der Waals surface area contributed by atoms with Crippen molar-refractivity contribution in [1.29, 1.82) is 0 Å². The molecule has 0 N–H and O–H groups in total. The van der Waals surface area contributed by atoms with Gasteiger partial charge in [0.1, 0.15) is 16.3 Å². The van der Waals surface area contributed by atoms with Gasteiger partial charge in [-0.15, -0.1) is 0 Å². The first-order valence-corrected chi connectivity index (χ1v) is 10.9. The van der Waals surface area contributed by atoms with Gasteiger partial charge in [-0.2, -0.15) is 23.4 Å². The van der Waals surface area contributed by atoms with E-state index < -0.39 is 21.9 Å². The summed E-state index contributed by atoms with van der Waals surface area (Å²) in [7, 11) is 1.76. The Morgan fingerprint density at radius 3 is 2.36 bits per heavy atom. The first-order valence-electron chi connectivity index (χ1n) is 9.50. The fourth-order valence-electron chi connectivity index (χ4n) is 3.50. The monoisotopic (exact) mass is 480 g/mol. The summed E-state index contributed by atoms with van der Waals surface area (Å²) in [6, 6.07) is 6.89. The fourth-order valence-corrected chi connectivity index (χ4v) is 4.66. The van der Waals surface area contributed by atoms with Gasteiger partial charge in [0.2, 0.25) is 0 Å². The van der Waals surface area contributed by atoms with Crippen molar-refractivity contribution in [3.63, 3.8) is 0 Å². The summed E-state index contributed by atoms with van der Waals surface area (Å²) in [5.41, 5.74) is 0.0315. The van der Waals surface area contributed by atoms with E-state index in [1.54, 1.807) is 30.1 Å². The topological polar surface area (TPSA) is 95.1 Å². The number of alkyl halides is 3. The molecule has 0 aliphatic heterocycles. The van der Waals surface area contributed by atoms with E-state index in [-0.39, 0.29) is 16.3 Å². The highest BCUT2D eigenvalue weighted by atomic mass is 32.2. The fraction of sp³-hybridized carbons (Fsp3) is 0.250. The Labute approximate surface area is 187 Å². The molecule has 9 nitrogen and oxygen atoms in total. The van der Waals surface area contributed by atoms with Gasteiger partial charge >= 0.3 is 6.18 Å². The van der Waals surface area contributed by atoms with Crippen LogP contribution in [-0.4, -0.2) is 47.1 Å². The Hall–Kier alpha value is -3.61. The van der Waals surface area contributed by atoms with Crippen molar-refractivity contribution in [3.8, 4) is 17.1 Å². The Bertz CT molecular complexity index is 1440. The molecule has 0 bridgehead atoms. The molecule has 0 radical (unpaired) electrons. The van der Waals surface area contributed by atoms with Crippen LogP contribution in [0, 0.1) is 0 Å². The van der Waals surface area contributed by atoms with Crippen molar-refractivity contribution >= 4 is 26.6 Å². The molecule has 4 rings (SSSR count). The van der Waals surface area contributed by atoms with E-state index in [0.717, 1.165) is 26.6 Å². The maximum Gasteiger partial charge on any atom is 0.435 e. The van der Waals surface area contributed by atoms with Gasteiger partial charge in [-0.05, 0) is 30.3 Å². The van der Waals surface area contributed by atoms with Crippen LogP contribution in [0.3, 0.4) is 0 Å². The van der Waals surface area contributed by atoms with E-state index in [1.807, 2.05) is 0 Å². The number of ether oxygens (including phenoxy) is 1. The summed E-state index contributed by atoms with van der Waals surface area (Å²) < 4.78 is 74.6. The van der Waals surface area contributed by atoms with Crippen molar-refractivity contribution in [2.24, 2.45) is 14.1 Å². The minimum absolute atomic E-state index is 0.0981. The van der Waals surface area contributed by atoms with Crippen molar-refractivity contribution < 1.29 is 26.3 Å². The van der Waals surface area contributed by atoms with E-state index in [9.17, 15) is 21.6 Å². The van der Waals surface area contributed by atoms with Crippen LogP contribution < -0.4 is 9.04 Å². The first kappa shape index (κ1) is 22.6. The second-order valence-electron chi connectivity index (χ2n) is 7.21. The molecule has 1 aromatic carbocycles. The molecule has 0 saturated heterocycles. The Kier molecular flexibility index (Phi) is 5.31. The number of anilines is 1. The lowest BCUT2D eigenvalue weighted by Crippen LogP contribution is -2.27. The van der Waals surface area contributed by atoms with Crippen molar-refractivity contribution in [2.75, 3.05) is 18.5 Å². The van der Waals surface area contributed by atoms with Gasteiger partial charge in [0.25, 0.3) is 10.0 Å². The normalized spacial score (nSPS) is 12.3. The largest absolute Gasteiger partial charge is 0.494 e. The summed E-state index contributed by atoms with van der Waals surface area (Å²) in [4.78, 5) is 3.93. The number of aryl methyl sites for hydroxylation is 2. The number of nitrogens with zero attached hydrogens (tertiary/aromatic N) is 6. The van der Waals surface area contributed by atoms with Crippen molar-refractivity contribution in [3.05, 3.63) is 48.4 Å².